The van der Waals surface area contributed by atoms with E-state index in [1.807, 2.05) is 24.3 Å². The topological polar surface area (TPSA) is 46.6 Å². The summed E-state index contributed by atoms with van der Waals surface area (Å²) in [4.78, 5) is 26.8. The molecule has 0 saturated carbocycles. The Morgan fingerprint density at radius 3 is 2.76 bits per heavy atom. The third-order valence-electron chi connectivity index (χ3n) is 3.31. The summed E-state index contributed by atoms with van der Waals surface area (Å²) in [6.07, 6.45) is 1.56. The maximum atomic E-state index is 12.3. The lowest BCUT2D eigenvalue weighted by Gasteiger charge is -2.22. The highest BCUT2D eigenvalue weighted by molar-refractivity contribution is 9.10. The Bertz CT molecular complexity index is 506. The molecule has 1 amide bonds. The van der Waals surface area contributed by atoms with Crippen LogP contribution >= 0.6 is 27.7 Å². The number of amides is 1. The van der Waals surface area contributed by atoms with E-state index in [4.69, 9.17) is 4.74 Å². The van der Waals surface area contributed by atoms with Crippen LogP contribution in [0.5, 0.6) is 0 Å². The highest BCUT2D eigenvalue weighted by Crippen LogP contribution is 2.24. The number of thioether (sulfide) groups is 1. The van der Waals surface area contributed by atoms with Crippen LogP contribution in [0, 0.1) is 0 Å². The summed E-state index contributed by atoms with van der Waals surface area (Å²) in [6, 6.07) is 7.43. The van der Waals surface area contributed by atoms with E-state index in [-0.39, 0.29) is 11.9 Å². The first-order chi connectivity index (χ1) is 10.1. The van der Waals surface area contributed by atoms with Crippen molar-refractivity contribution in [1.82, 2.24) is 4.90 Å². The molecule has 1 aliphatic heterocycles. The van der Waals surface area contributed by atoms with Crippen LogP contribution in [0.3, 0.4) is 0 Å². The van der Waals surface area contributed by atoms with E-state index in [1.54, 1.807) is 11.8 Å². The minimum Gasteiger partial charge on any atom is -0.464 e. The SMILES string of the molecule is CCOC(=O)C1CCCN1C(=O)CSc1ccc(Br)cc1. The molecule has 1 saturated heterocycles. The van der Waals surface area contributed by atoms with Gasteiger partial charge in [0.1, 0.15) is 6.04 Å². The van der Waals surface area contributed by atoms with Crippen molar-refractivity contribution in [2.75, 3.05) is 18.9 Å². The molecule has 1 unspecified atom stereocenters. The second kappa shape index (κ2) is 7.84. The molecule has 1 aromatic rings. The number of carbonyl (C=O) groups is 2. The van der Waals surface area contributed by atoms with E-state index in [2.05, 4.69) is 15.9 Å². The second-order valence-corrected chi connectivity index (χ2v) is 6.70. The summed E-state index contributed by atoms with van der Waals surface area (Å²) in [5, 5.41) is 0. The zero-order chi connectivity index (χ0) is 15.2. The molecule has 2 rings (SSSR count). The van der Waals surface area contributed by atoms with Crippen molar-refractivity contribution in [1.29, 1.82) is 0 Å². The molecule has 1 aromatic carbocycles. The lowest BCUT2D eigenvalue weighted by Crippen LogP contribution is -2.42. The third-order valence-corrected chi connectivity index (χ3v) is 4.83. The number of carbonyl (C=O) groups excluding carboxylic acids is 2. The van der Waals surface area contributed by atoms with Gasteiger partial charge in [0.2, 0.25) is 5.91 Å². The van der Waals surface area contributed by atoms with Gasteiger partial charge in [-0.1, -0.05) is 15.9 Å². The van der Waals surface area contributed by atoms with Crippen LogP contribution in [0.15, 0.2) is 33.6 Å². The predicted octanol–water partition coefficient (Wildman–Crippen LogP) is 3.10. The maximum Gasteiger partial charge on any atom is 0.328 e. The summed E-state index contributed by atoms with van der Waals surface area (Å²) in [7, 11) is 0. The summed E-state index contributed by atoms with van der Waals surface area (Å²) in [5.74, 6) is 0.0628. The van der Waals surface area contributed by atoms with Crippen molar-refractivity contribution in [3.05, 3.63) is 28.7 Å². The molecule has 1 atom stereocenters. The molecule has 4 nitrogen and oxygen atoms in total. The van der Waals surface area contributed by atoms with E-state index in [1.165, 1.54) is 11.8 Å². The van der Waals surface area contributed by atoms with E-state index < -0.39 is 6.04 Å². The first-order valence-electron chi connectivity index (χ1n) is 6.96. The third kappa shape index (κ3) is 4.48. The van der Waals surface area contributed by atoms with Gasteiger partial charge in [-0.25, -0.2) is 4.79 Å². The Morgan fingerprint density at radius 1 is 1.38 bits per heavy atom. The molecule has 6 heteroatoms. The fourth-order valence-electron chi connectivity index (χ4n) is 2.31. The van der Waals surface area contributed by atoms with Crippen molar-refractivity contribution in [2.45, 2.75) is 30.7 Å². The summed E-state index contributed by atoms with van der Waals surface area (Å²) < 4.78 is 6.05. The molecular weight excluding hydrogens is 354 g/mol. The monoisotopic (exact) mass is 371 g/mol. The van der Waals surface area contributed by atoms with Gasteiger partial charge in [-0.3, -0.25) is 4.79 Å². The standard InChI is InChI=1S/C15H18BrNO3S/c1-2-20-15(19)13-4-3-9-17(13)14(18)10-21-12-7-5-11(16)6-8-12/h5-8,13H,2-4,9-10H2,1H3. The van der Waals surface area contributed by atoms with E-state index in [0.29, 0.717) is 25.3 Å². The lowest BCUT2D eigenvalue weighted by atomic mass is 10.2. The smallest absolute Gasteiger partial charge is 0.328 e. The number of esters is 1. The van der Waals surface area contributed by atoms with Gasteiger partial charge in [0.25, 0.3) is 0 Å². The van der Waals surface area contributed by atoms with Crippen LogP contribution in [-0.4, -0.2) is 41.7 Å². The number of ether oxygens (including phenoxy) is 1. The fourth-order valence-corrected chi connectivity index (χ4v) is 3.36. The Balaban J connectivity index is 1.90. The molecule has 0 bridgehead atoms. The van der Waals surface area contributed by atoms with Crippen LogP contribution in [0.25, 0.3) is 0 Å². The molecule has 0 spiro atoms. The van der Waals surface area contributed by atoms with E-state index in [0.717, 1.165) is 15.8 Å². The van der Waals surface area contributed by atoms with Crippen molar-refractivity contribution in [3.63, 3.8) is 0 Å². The quantitative estimate of drug-likeness (QED) is 0.589. The van der Waals surface area contributed by atoms with Gasteiger partial charge in [0.05, 0.1) is 12.4 Å². The first kappa shape index (κ1) is 16.4. The van der Waals surface area contributed by atoms with Crippen LogP contribution in [0.4, 0.5) is 0 Å². The molecule has 1 aliphatic rings. The van der Waals surface area contributed by atoms with Gasteiger partial charge in [-0.15, -0.1) is 11.8 Å². The van der Waals surface area contributed by atoms with Gasteiger partial charge in [0, 0.05) is 15.9 Å². The van der Waals surface area contributed by atoms with Gasteiger partial charge < -0.3 is 9.64 Å². The molecular formula is C15H18BrNO3S. The zero-order valence-corrected chi connectivity index (χ0v) is 14.3. The Morgan fingerprint density at radius 2 is 2.10 bits per heavy atom. The van der Waals surface area contributed by atoms with Crippen molar-refractivity contribution in [2.24, 2.45) is 0 Å². The van der Waals surface area contributed by atoms with Crippen molar-refractivity contribution >= 4 is 39.6 Å². The molecule has 0 N–H and O–H groups in total. The van der Waals surface area contributed by atoms with Crippen LogP contribution in [0.2, 0.25) is 0 Å². The van der Waals surface area contributed by atoms with Crippen molar-refractivity contribution < 1.29 is 14.3 Å². The first-order valence-corrected chi connectivity index (χ1v) is 8.74. The van der Waals surface area contributed by atoms with E-state index >= 15 is 0 Å². The summed E-state index contributed by atoms with van der Waals surface area (Å²) in [6.45, 7) is 2.77. The average molecular weight is 372 g/mol. The summed E-state index contributed by atoms with van der Waals surface area (Å²) in [5.41, 5.74) is 0. The minimum atomic E-state index is -0.400. The van der Waals surface area contributed by atoms with Crippen LogP contribution in [-0.2, 0) is 14.3 Å². The van der Waals surface area contributed by atoms with Gasteiger partial charge in [-0.05, 0) is 44.0 Å². The summed E-state index contributed by atoms with van der Waals surface area (Å²) >= 11 is 4.87. The van der Waals surface area contributed by atoms with Gasteiger partial charge in [-0.2, -0.15) is 0 Å². The second-order valence-electron chi connectivity index (χ2n) is 4.74. The number of halogens is 1. The molecule has 0 aliphatic carbocycles. The molecule has 0 aromatic heterocycles. The van der Waals surface area contributed by atoms with Crippen LogP contribution < -0.4 is 0 Å². The van der Waals surface area contributed by atoms with Crippen molar-refractivity contribution in [3.8, 4) is 0 Å². The van der Waals surface area contributed by atoms with Crippen LogP contribution in [0.1, 0.15) is 19.8 Å². The predicted molar refractivity (Wildman–Crippen MR) is 86.2 cm³/mol. The van der Waals surface area contributed by atoms with Gasteiger partial charge in [0.15, 0.2) is 0 Å². The lowest BCUT2D eigenvalue weighted by molar-refractivity contribution is -0.152. The minimum absolute atomic E-state index is 0.00141. The highest BCUT2D eigenvalue weighted by Gasteiger charge is 2.34. The molecule has 114 valence electrons. The normalized spacial score (nSPS) is 17.8. The number of likely N-dealkylation sites (tertiary alicyclic amines) is 1. The highest BCUT2D eigenvalue weighted by atomic mass is 79.9. The Labute approximate surface area is 137 Å². The number of nitrogens with zero attached hydrogens (tertiary/aromatic N) is 1. The number of hydrogen-bond acceptors (Lipinski definition) is 4. The average Bonchev–Trinajstić information content (AvgIpc) is 2.96. The number of benzene rings is 1. The molecule has 21 heavy (non-hydrogen) atoms. The Kier molecular flexibility index (Phi) is 6.11. The molecule has 0 radical (unpaired) electrons. The zero-order valence-electron chi connectivity index (χ0n) is 11.9. The number of hydrogen-bond donors (Lipinski definition) is 0. The maximum absolute atomic E-state index is 12.3. The van der Waals surface area contributed by atoms with Gasteiger partial charge >= 0.3 is 5.97 Å². The molecule has 1 heterocycles. The largest absolute Gasteiger partial charge is 0.464 e. The molecule has 1 fully saturated rings. The Hall–Kier alpha value is -1.01. The fraction of sp³-hybridized carbons (Fsp3) is 0.467. The number of rotatable bonds is 5. The van der Waals surface area contributed by atoms with E-state index in [9.17, 15) is 9.59 Å².